The van der Waals surface area contributed by atoms with Gasteiger partial charge < -0.3 is 0 Å². The van der Waals surface area contributed by atoms with Gasteiger partial charge in [0.2, 0.25) is 5.91 Å². The summed E-state index contributed by atoms with van der Waals surface area (Å²) in [6, 6.07) is 7.57. The van der Waals surface area contributed by atoms with E-state index in [1.54, 1.807) is 0 Å². The normalized spacial score (nSPS) is 11.5. The van der Waals surface area contributed by atoms with E-state index < -0.39 is 0 Å². The maximum Gasteiger partial charge on any atom is 0.248 e. The summed E-state index contributed by atoms with van der Waals surface area (Å²) in [5.41, 5.74) is 1.57. The van der Waals surface area contributed by atoms with E-state index in [1.165, 1.54) is 36.8 Å². The van der Waals surface area contributed by atoms with Crippen molar-refractivity contribution in [1.29, 1.82) is 0 Å². The third-order valence-electron chi connectivity index (χ3n) is 3.99. The van der Waals surface area contributed by atoms with Gasteiger partial charge in [-0.1, -0.05) is 62.1 Å². The van der Waals surface area contributed by atoms with E-state index in [-0.39, 0.29) is 5.91 Å². The Labute approximate surface area is 138 Å². The second-order valence-electron chi connectivity index (χ2n) is 5.95. The van der Waals surface area contributed by atoms with Gasteiger partial charge in [0.25, 0.3) is 0 Å². The maximum atomic E-state index is 12.2. The van der Waals surface area contributed by atoms with Crippen LogP contribution in [0.4, 0.5) is 0 Å². The number of benzene rings is 1. The van der Waals surface area contributed by atoms with Crippen LogP contribution in [0.3, 0.4) is 0 Å². The molecule has 2 rings (SSSR count). The molecule has 0 saturated heterocycles. The van der Waals surface area contributed by atoms with Gasteiger partial charge in [-0.2, -0.15) is 4.68 Å². The average Bonchev–Trinajstić information content (AvgIpc) is 3.00. The van der Waals surface area contributed by atoms with Crippen molar-refractivity contribution < 1.29 is 4.79 Å². The third-order valence-corrected chi connectivity index (χ3v) is 3.99. The first-order valence-corrected chi connectivity index (χ1v) is 8.81. The van der Waals surface area contributed by atoms with Gasteiger partial charge in [0.15, 0.2) is 0 Å². The van der Waals surface area contributed by atoms with Crippen molar-refractivity contribution in [1.82, 2.24) is 15.0 Å². The van der Waals surface area contributed by atoms with Crippen molar-refractivity contribution in [2.75, 3.05) is 0 Å². The number of para-hydroxylation sites is 1. The highest BCUT2D eigenvalue weighted by atomic mass is 16.2. The van der Waals surface area contributed by atoms with Crippen LogP contribution in [0.15, 0.2) is 36.4 Å². The van der Waals surface area contributed by atoms with E-state index in [0.717, 1.165) is 30.3 Å². The molecule has 23 heavy (non-hydrogen) atoms. The second-order valence-corrected chi connectivity index (χ2v) is 5.95. The van der Waals surface area contributed by atoms with Crippen molar-refractivity contribution >= 4 is 16.9 Å². The summed E-state index contributed by atoms with van der Waals surface area (Å²) < 4.78 is 1.44. The zero-order valence-corrected chi connectivity index (χ0v) is 14.1. The molecule has 124 valence electrons. The highest BCUT2D eigenvalue weighted by Gasteiger charge is 2.10. The fourth-order valence-corrected chi connectivity index (χ4v) is 2.61. The number of allylic oxidation sites excluding steroid dienone is 2. The summed E-state index contributed by atoms with van der Waals surface area (Å²) in [7, 11) is 0. The Morgan fingerprint density at radius 3 is 2.61 bits per heavy atom. The van der Waals surface area contributed by atoms with E-state index >= 15 is 0 Å². The lowest BCUT2D eigenvalue weighted by atomic mass is 10.1. The fourth-order valence-electron chi connectivity index (χ4n) is 2.61. The molecule has 4 heteroatoms. The minimum Gasteiger partial charge on any atom is -0.273 e. The predicted molar refractivity (Wildman–Crippen MR) is 94.5 cm³/mol. The molecule has 0 spiro atoms. The quantitative estimate of drug-likeness (QED) is 0.449. The molecule has 0 saturated carbocycles. The molecule has 0 aliphatic carbocycles. The van der Waals surface area contributed by atoms with E-state index in [4.69, 9.17) is 0 Å². The first-order valence-electron chi connectivity index (χ1n) is 8.81. The molecule has 1 heterocycles. The number of carbonyl (C=O) groups is 1. The number of rotatable bonds is 10. The van der Waals surface area contributed by atoms with Gasteiger partial charge in [0.05, 0.1) is 5.52 Å². The van der Waals surface area contributed by atoms with Crippen molar-refractivity contribution in [3.05, 3.63) is 36.4 Å². The molecule has 2 aromatic rings. The highest BCUT2D eigenvalue weighted by Crippen LogP contribution is 2.12. The molecule has 0 aliphatic rings. The van der Waals surface area contributed by atoms with Gasteiger partial charge in [-0.25, -0.2) is 0 Å². The maximum absolute atomic E-state index is 12.2. The molecule has 0 atom stereocenters. The molecule has 0 amide bonds. The Morgan fingerprint density at radius 1 is 1.04 bits per heavy atom. The molecule has 0 aliphatic heterocycles. The van der Waals surface area contributed by atoms with Crippen LogP contribution in [-0.4, -0.2) is 20.9 Å². The second kappa shape index (κ2) is 9.93. The first kappa shape index (κ1) is 17.4. The summed E-state index contributed by atoms with van der Waals surface area (Å²) in [6.45, 7) is 2.22. The smallest absolute Gasteiger partial charge is 0.248 e. The summed E-state index contributed by atoms with van der Waals surface area (Å²) in [5.74, 6) is 0.0400. The van der Waals surface area contributed by atoms with Crippen LogP contribution in [0, 0.1) is 0 Å². The number of fused-ring (bicyclic) bond motifs is 1. The van der Waals surface area contributed by atoms with Crippen LogP contribution in [-0.2, 0) is 0 Å². The Kier molecular flexibility index (Phi) is 7.50. The number of carbonyl (C=O) groups excluding carboxylic acids is 1. The lowest BCUT2D eigenvalue weighted by molar-refractivity contribution is 0.0886. The number of hydrogen-bond donors (Lipinski definition) is 0. The van der Waals surface area contributed by atoms with Crippen LogP contribution in [0.1, 0.15) is 69.5 Å². The Balaban J connectivity index is 1.61. The van der Waals surface area contributed by atoms with E-state index in [1.807, 2.05) is 24.3 Å². The topological polar surface area (TPSA) is 47.8 Å². The van der Waals surface area contributed by atoms with Crippen molar-refractivity contribution in [2.24, 2.45) is 0 Å². The van der Waals surface area contributed by atoms with Crippen LogP contribution < -0.4 is 0 Å². The number of hydrogen-bond acceptors (Lipinski definition) is 3. The lowest BCUT2D eigenvalue weighted by Gasteiger charge is -2.01. The molecule has 0 fully saturated rings. The number of unbranched alkanes of at least 4 members (excludes halogenated alkanes) is 6. The van der Waals surface area contributed by atoms with Gasteiger partial charge in [0, 0.05) is 6.42 Å². The lowest BCUT2D eigenvalue weighted by Crippen LogP contribution is -2.12. The molecule has 1 aromatic heterocycles. The summed E-state index contributed by atoms with van der Waals surface area (Å²) in [4.78, 5) is 12.2. The zero-order valence-electron chi connectivity index (χ0n) is 14.1. The molecule has 0 unspecified atom stereocenters. The zero-order chi connectivity index (χ0) is 16.3. The predicted octanol–water partition coefficient (Wildman–Crippen LogP) is 5.16. The van der Waals surface area contributed by atoms with E-state index in [9.17, 15) is 4.79 Å². The summed E-state index contributed by atoms with van der Waals surface area (Å²) in [6.07, 6.45) is 14.5. The largest absolute Gasteiger partial charge is 0.273 e. The molecular formula is C19H27N3O. The van der Waals surface area contributed by atoms with Gasteiger partial charge >= 0.3 is 0 Å². The van der Waals surface area contributed by atoms with Crippen molar-refractivity contribution in [3.8, 4) is 0 Å². The molecular weight excluding hydrogens is 286 g/mol. The molecule has 0 radical (unpaired) electrons. The number of aromatic nitrogens is 3. The SMILES string of the molecule is CCCC/C=C/CCCCCCC(=O)n1nnc2ccccc21. The molecule has 0 N–H and O–H groups in total. The van der Waals surface area contributed by atoms with Gasteiger partial charge in [-0.05, 0) is 37.8 Å². The monoisotopic (exact) mass is 313 g/mol. The Morgan fingerprint density at radius 2 is 1.78 bits per heavy atom. The molecule has 1 aromatic carbocycles. The summed E-state index contributed by atoms with van der Waals surface area (Å²) >= 11 is 0. The third kappa shape index (κ3) is 5.62. The summed E-state index contributed by atoms with van der Waals surface area (Å²) in [5, 5.41) is 7.99. The van der Waals surface area contributed by atoms with Gasteiger partial charge in [0.1, 0.15) is 5.52 Å². The van der Waals surface area contributed by atoms with Crippen LogP contribution in [0.2, 0.25) is 0 Å². The first-order chi connectivity index (χ1) is 11.3. The van der Waals surface area contributed by atoms with Gasteiger partial charge in [-0.3, -0.25) is 4.79 Å². The van der Waals surface area contributed by atoms with E-state index in [0.29, 0.717) is 6.42 Å². The minimum absolute atomic E-state index is 0.0400. The highest BCUT2D eigenvalue weighted by molar-refractivity contribution is 5.88. The van der Waals surface area contributed by atoms with E-state index in [2.05, 4.69) is 29.4 Å². The molecule has 4 nitrogen and oxygen atoms in total. The Hall–Kier alpha value is -1.97. The average molecular weight is 313 g/mol. The van der Waals surface area contributed by atoms with Crippen LogP contribution in [0.5, 0.6) is 0 Å². The Bertz CT molecular complexity index is 630. The van der Waals surface area contributed by atoms with Crippen molar-refractivity contribution in [3.63, 3.8) is 0 Å². The number of nitrogens with zero attached hydrogens (tertiary/aromatic N) is 3. The van der Waals surface area contributed by atoms with Crippen LogP contribution >= 0.6 is 0 Å². The fraction of sp³-hybridized carbons (Fsp3) is 0.526. The van der Waals surface area contributed by atoms with Gasteiger partial charge in [-0.15, -0.1) is 5.10 Å². The molecule has 0 bridgehead atoms. The van der Waals surface area contributed by atoms with Crippen LogP contribution in [0.25, 0.3) is 11.0 Å². The van der Waals surface area contributed by atoms with Crippen molar-refractivity contribution in [2.45, 2.75) is 64.7 Å². The minimum atomic E-state index is 0.0400. The standard InChI is InChI=1S/C19H27N3O/c1-2-3-4-5-6-7-8-9-10-11-16-19(23)22-18-15-13-12-14-17(18)20-21-22/h5-6,12-15H,2-4,7-11,16H2,1H3/b6-5+.